The molecule has 0 bridgehead atoms. The van der Waals surface area contributed by atoms with Gasteiger partial charge in [0.25, 0.3) is 0 Å². The summed E-state index contributed by atoms with van der Waals surface area (Å²) in [5.74, 6) is 0.0357. The highest BCUT2D eigenvalue weighted by atomic mass is 16.5. The molecule has 0 amide bonds. The largest absolute Gasteiger partial charge is 0.493 e. The molecule has 0 saturated heterocycles. The van der Waals surface area contributed by atoms with Crippen LogP contribution in [0.15, 0.2) is 30.4 Å². The zero-order valence-electron chi connectivity index (χ0n) is 9.48. The monoisotopic (exact) mass is 233 g/mol. The van der Waals surface area contributed by atoms with E-state index in [4.69, 9.17) is 9.84 Å². The Morgan fingerprint density at radius 2 is 2.41 bits per heavy atom. The molecule has 1 aliphatic rings. The number of rotatable bonds is 4. The minimum absolute atomic E-state index is 0.506. The summed E-state index contributed by atoms with van der Waals surface area (Å²) < 4.78 is 5.52. The lowest BCUT2D eigenvalue weighted by atomic mass is 10.1. The Hall–Kier alpha value is -1.97. The molecular formula is C13H15NO3. The van der Waals surface area contributed by atoms with Crippen LogP contribution in [0.1, 0.15) is 12.0 Å². The van der Waals surface area contributed by atoms with Crippen LogP contribution in [-0.4, -0.2) is 24.2 Å². The second-order valence-electron chi connectivity index (χ2n) is 3.90. The Balaban J connectivity index is 1.95. The van der Waals surface area contributed by atoms with E-state index in [1.165, 1.54) is 5.56 Å². The molecule has 0 unspecified atom stereocenters. The number of anilines is 1. The predicted molar refractivity (Wildman–Crippen MR) is 65.5 cm³/mol. The van der Waals surface area contributed by atoms with Crippen molar-refractivity contribution in [3.05, 3.63) is 35.9 Å². The van der Waals surface area contributed by atoms with Gasteiger partial charge < -0.3 is 15.2 Å². The number of hydrogen-bond donors (Lipinski definition) is 2. The van der Waals surface area contributed by atoms with Crippen LogP contribution in [-0.2, 0) is 11.2 Å². The van der Waals surface area contributed by atoms with Gasteiger partial charge in [-0.1, -0.05) is 6.08 Å². The van der Waals surface area contributed by atoms with Crippen LogP contribution in [0.4, 0.5) is 5.69 Å². The van der Waals surface area contributed by atoms with Gasteiger partial charge in [-0.25, -0.2) is 4.79 Å². The summed E-state index contributed by atoms with van der Waals surface area (Å²) in [5, 5.41) is 11.6. The van der Waals surface area contributed by atoms with E-state index < -0.39 is 5.97 Å². The first-order chi connectivity index (χ1) is 8.25. The smallest absolute Gasteiger partial charge is 0.328 e. The molecule has 0 aromatic heterocycles. The number of carboxylic acid groups (broad SMARTS) is 1. The average molecular weight is 233 g/mol. The lowest BCUT2D eigenvalue weighted by Crippen LogP contribution is -2.09. The van der Waals surface area contributed by atoms with E-state index in [9.17, 15) is 4.79 Å². The highest BCUT2D eigenvalue weighted by Gasteiger charge is 2.09. The van der Waals surface area contributed by atoms with Gasteiger partial charge in [0.1, 0.15) is 5.75 Å². The Morgan fingerprint density at radius 3 is 3.24 bits per heavy atom. The van der Waals surface area contributed by atoms with Gasteiger partial charge in [-0.05, 0) is 36.6 Å². The topological polar surface area (TPSA) is 58.6 Å². The van der Waals surface area contributed by atoms with Crippen molar-refractivity contribution in [3.63, 3.8) is 0 Å². The molecule has 0 spiro atoms. The number of aliphatic carboxylic acids is 1. The Kier molecular flexibility index (Phi) is 3.65. The Bertz CT molecular complexity index is 440. The van der Waals surface area contributed by atoms with E-state index in [-0.39, 0.29) is 0 Å². The van der Waals surface area contributed by atoms with Gasteiger partial charge >= 0.3 is 5.97 Å². The summed E-state index contributed by atoms with van der Waals surface area (Å²) in [6.45, 7) is 1.30. The third-order valence-electron chi connectivity index (χ3n) is 2.59. The van der Waals surface area contributed by atoms with E-state index in [2.05, 4.69) is 11.4 Å². The molecule has 0 aliphatic carbocycles. The molecule has 1 aliphatic heterocycles. The molecule has 2 rings (SSSR count). The molecule has 2 N–H and O–H groups in total. The first kappa shape index (κ1) is 11.5. The van der Waals surface area contributed by atoms with Crippen LogP contribution in [0.5, 0.6) is 5.75 Å². The SMILES string of the molecule is O=C(O)/C=C/CNc1ccc2c(c1)CCCO2. The van der Waals surface area contributed by atoms with E-state index >= 15 is 0 Å². The van der Waals surface area contributed by atoms with Gasteiger partial charge in [0.05, 0.1) is 6.61 Å². The fourth-order valence-electron chi connectivity index (χ4n) is 1.81. The van der Waals surface area contributed by atoms with Crippen molar-refractivity contribution < 1.29 is 14.6 Å². The van der Waals surface area contributed by atoms with E-state index in [0.717, 1.165) is 37.0 Å². The number of aryl methyl sites for hydroxylation is 1. The Morgan fingerprint density at radius 1 is 1.53 bits per heavy atom. The molecule has 17 heavy (non-hydrogen) atoms. The van der Waals surface area contributed by atoms with Crippen LogP contribution in [0.25, 0.3) is 0 Å². The number of ether oxygens (including phenoxy) is 1. The average Bonchev–Trinajstić information content (AvgIpc) is 2.34. The zero-order valence-corrected chi connectivity index (χ0v) is 9.48. The summed E-state index contributed by atoms with van der Waals surface area (Å²) in [6, 6.07) is 5.96. The van der Waals surface area contributed by atoms with Crippen LogP contribution < -0.4 is 10.1 Å². The molecular weight excluding hydrogens is 218 g/mol. The maximum absolute atomic E-state index is 10.3. The molecule has 1 aromatic carbocycles. The minimum atomic E-state index is -0.925. The third-order valence-corrected chi connectivity index (χ3v) is 2.59. The van der Waals surface area contributed by atoms with Gasteiger partial charge in [0.15, 0.2) is 0 Å². The molecule has 0 saturated carbocycles. The molecule has 90 valence electrons. The maximum Gasteiger partial charge on any atom is 0.328 e. The Labute approximate surface area is 99.9 Å². The van der Waals surface area contributed by atoms with E-state index in [0.29, 0.717) is 6.54 Å². The second-order valence-corrected chi connectivity index (χ2v) is 3.90. The van der Waals surface area contributed by atoms with Gasteiger partial charge in [-0.3, -0.25) is 0 Å². The van der Waals surface area contributed by atoms with E-state index in [1.54, 1.807) is 6.08 Å². The first-order valence-corrected chi connectivity index (χ1v) is 5.65. The van der Waals surface area contributed by atoms with Crippen molar-refractivity contribution in [1.82, 2.24) is 0 Å². The van der Waals surface area contributed by atoms with E-state index in [1.807, 2.05) is 12.1 Å². The van der Waals surface area contributed by atoms with Crippen LogP contribution in [0.2, 0.25) is 0 Å². The molecule has 0 radical (unpaired) electrons. The van der Waals surface area contributed by atoms with Gasteiger partial charge in [0, 0.05) is 18.3 Å². The van der Waals surface area contributed by atoms with Gasteiger partial charge in [-0.15, -0.1) is 0 Å². The van der Waals surface area contributed by atoms with Crippen molar-refractivity contribution in [2.45, 2.75) is 12.8 Å². The predicted octanol–water partition coefficient (Wildman–Crippen LogP) is 2.06. The fourth-order valence-corrected chi connectivity index (χ4v) is 1.81. The van der Waals surface area contributed by atoms with Crippen LogP contribution in [0.3, 0.4) is 0 Å². The van der Waals surface area contributed by atoms with Crippen molar-refractivity contribution in [3.8, 4) is 5.75 Å². The minimum Gasteiger partial charge on any atom is -0.493 e. The molecule has 0 fully saturated rings. The summed E-state index contributed by atoms with van der Waals surface area (Å²) >= 11 is 0. The molecule has 1 heterocycles. The van der Waals surface area contributed by atoms with Gasteiger partial charge in [-0.2, -0.15) is 0 Å². The van der Waals surface area contributed by atoms with Gasteiger partial charge in [0.2, 0.25) is 0 Å². The second kappa shape index (κ2) is 5.39. The number of fused-ring (bicyclic) bond motifs is 1. The number of nitrogens with one attached hydrogen (secondary N) is 1. The fraction of sp³-hybridized carbons (Fsp3) is 0.308. The number of carboxylic acids is 1. The maximum atomic E-state index is 10.3. The lowest BCUT2D eigenvalue weighted by Gasteiger charge is -2.18. The highest BCUT2D eigenvalue weighted by molar-refractivity contribution is 5.79. The molecule has 0 atom stereocenters. The normalized spacial score (nSPS) is 14.1. The van der Waals surface area contributed by atoms with Crippen LogP contribution >= 0.6 is 0 Å². The summed E-state index contributed by atoms with van der Waals surface area (Å²) in [6.07, 6.45) is 4.80. The van der Waals surface area contributed by atoms with Crippen LogP contribution in [0, 0.1) is 0 Å². The number of hydrogen-bond acceptors (Lipinski definition) is 3. The zero-order chi connectivity index (χ0) is 12.1. The van der Waals surface area contributed by atoms with Crippen molar-refractivity contribution in [1.29, 1.82) is 0 Å². The highest BCUT2D eigenvalue weighted by Crippen LogP contribution is 2.27. The number of benzene rings is 1. The lowest BCUT2D eigenvalue weighted by molar-refractivity contribution is -0.131. The molecule has 1 aromatic rings. The quantitative estimate of drug-likeness (QED) is 0.781. The standard InChI is InChI=1S/C13H15NO3/c15-13(16)4-1-7-14-11-5-6-12-10(9-11)3-2-8-17-12/h1,4-6,9,14H,2-3,7-8H2,(H,15,16)/b4-1+. The molecule has 4 nitrogen and oxygen atoms in total. The first-order valence-electron chi connectivity index (χ1n) is 5.65. The van der Waals surface area contributed by atoms with Crippen molar-refractivity contribution in [2.75, 3.05) is 18.5 Å². The summed E-state index contributed by atoms with van der Waals surface area (Å²) in [5.41, 5.74) is 2.20. The summed E-state index contributed by atoms with van der Waals surface area (Å²) in [4.78, 5) is 10.3. The third kappa shape index (κ3) is 3.24. The van der Waals surface area contributed by atoms with Crippen molar-refractivity contribution >= 4 is 11.7 Å². The number of carbonyl (C=O) groups is 1. The molecule has 4 heteroatoms. The summed E-state index contributed by atoms with van der Waals surface area (Å²) in [7, 11) is 0. The van der Waals surface area contributed by atoms with Crippen molar-refractivity contribution in [2.24, 2.45) is 0 Å².